The zero-order valence-corrected chi connectivity index (χ0v) is 15.0. The summed E-state index contributed by atoms with van der Waals surface area (Å²) in [7, 11) is 0. The van der Waals surface area contributed by atoms with Gasteiger partial charge in [-0.25, -0.2) is 0 Å². The van der Waals surface area contributed by atoms with Crippen LogP contribution in [0.15, 0.2) is 39.4 Å². The van der Waals surface area contributed by atoms with Crippen LogP contribution in [0.1, 0.15) is 16.1 Å². The maximum Gasteiger partial charge on any atom is 0.287 e. The van der Waals surface area contributed by atoms with E-state index in [2.05, 4.69) is 26.6 Å². The summed E-state index contributed by atoms with van der Waals surface area (Å²) in [6, 6.07) is 8.46. The number of hydrogen-bond acceptors (Lipinski definition) is 3. The lowest BCUT2D eigenvalue weighted by Crippen LogP contribution is -2.37. The monoisotopic (exact) mass is 418 g/mol. The molecule has 0 aliphatic heterocycles. The van der Waals surface area contributed by atoms with E-state index in [0.29, 0.717) is 27.7 Å². The summed E-state index contributed by atoms with van der Waals surface area (Å²) >= 11 is 15.1. The summed E-state index contributed by atoms with van der Waals surface area (Å²) in [6.45, 7) is 0.251. The molecule has 0 unspecified atom stereocenters. The first-order valence-corrected chi connectivity index (χ1v) is 8.25. The number of halogens is 3. The Balaban J connectivity index is 1.73. The molecule has 2 amide bonds. The van der Waals surface area contributed by atoms with Crippen molar-refractivity contribution >= 4 is 50.9 Å². The molecule has 122 valence electrons. The van der Waals surface area contributed by atoms with E-state index in [4.69, 9.17) is 27.6 Å². The second-order valence-electron chi connectivity index (χ2n) is 4.60. The van der Waals surface area contributed by atoms with Crippen LogP contribution in [0, 0.1) is 0 Å². The molecule has 0 spiro atoms. The van der Waals surface area contributed by atoms with Gasteiger partial charge < -0.3 is 15.1 Å². The van der Waals surface area contributed by atoms with E-state index in [9.17, 15) is 9.59 Å². The highest BCUT2D eigenvalue weighted by Gasteiger charge is 2.11. The van der Waals surface area contributed by atoms with Crippen LogP contribution >= 0.6 is 39.1 Å². The number of rotatable bonds is 6. The molecule has 2 N–H and O–H groups in total. The van der Waals surface area contributed by atoms with Gasteiger partial charge in [0.1, 0.15) is 0 Å². The maximum atomic E-state index is 11.7. The second-order valence-corrected chi connectivity index (χ2v) is 6.17. The first-order chi connectivity index (χ1) is 11.0. The Bertz CT molecular complexity index is 718. The number of hydrogen-bond donors (Lipinski definition) is 2. The van der Waals surface area contributed by atoms with Gasteiger partial charge in [-0.2, -0.15) is 0 Å². The fourth-order valence-corrected chi connectivity index (χ4v) is 2.55. The third-order valence-corrected chi connectivity index (χ3v) is 4.24. The molecule has 0 fully saturated rings. The van der Waals surface area contributed by atoms with Crippen LogP contribution in [-0.2, 0) is 11.2 Å². The molecule has 0 aliphatic carbocycles. The number of amides is 2. The first-order valence-electron chi connectivity index (χ1n) is 6.70. The molecule has 0 saturated carbocycles. The van der Waals surface area contributed by atoms with Crippen molar-refractivity contribution in [2.24, 2.45) is 0 Å². The van der Waals surface area contributed by atoms with Crippen LogP contribution in [0.2, 0.25) is 10.0 Å². The zero-order valence-electron chi connectivity index (χ0n) is 11.9. The lowest BCUT2D eigenvalue weighted by atomic mass is 10.1. The summed E-state index contributed by atoms with van der Waals surface area (Å²) in [4.78, 5) is 23.4. The first kappa shape index (κ1) is 17.8. The van der Waals surface area contributed by atoms with Gasteiger partial charge >= 0.3 is 0 Å². The highest BCUT2D eigenvalue weighted by atomic mass is 79.9. The van der Waals surface area contributed by atoms with Crippen molar-refractivity contribution in [3.05, 3.63) is 56.4 Å². The Hall–Kier alpha value is -1.50. The fraction of sp³-hybridized carbons (Fsp3) is 0.200. The van der Waals surface area contributed by atoms with Crippen molar-refractivity contribution < 1.29 is 14.0 Å². The molecule has 1 aromatic carbocycles. The summed E-state index contributed by atoms with van der Waals surface area (Å²) < 4.78 is 5.54. The molecule has 23 heavy (non-hydrogen) atoms. The largest absolute Gasteiger partial charge is 0.444 e. The van der Waals surface area contributed by atoms with E-state index in [1.54, 1.807) is 18.2 Å². The molecule has 1 heterocycles. The summed E-state index contributed by atoms with van der Waals surface area (Å²) in [6.07, 6.45) is 0.546. The molecular formula is C15H13BrCl2N2O3. The molecule has 0 aliphatic rings. The zero-order chi connectivity index (χ0) is 16.8. The fourth-order valence-electron chi connectivity index (χ4n) is 1.82. The average molecular weight is 420 g/mol. The lowest BCUT2D eigenvalue weighted by Gasteiger charge is -2.08. The van der Waals surface area contributed by atoms with Crippen LogP contribution in [0.5, 0.6) is 0 Å². The van der Waals surface area contributed by atoms with E-state index in [0.717, 1.165) is 5.56 Å². The minimum absolute atomic E-state index is 0.135. The number of carbonyl (C=O) groups excluding carboxylic acids is 2. The van der Waals surface area contributed by atoms with Crippen molar-refractivity contribution in [1.29, 1.82) is 0 Å². The molecule has 5 nitrogen and oxygen atoms in total. The molecule has 0 bridgehead atoms. The van der Waals surface area contributed by atoms with E-state index < -0.39 is 5.91 Å². The van der Waals surface area contributed by atoms with Crippen LogP contribution in [-0.4, -0.2) is 24.9 Å². The molecule has 2 rings (SSSR count). The van der Waals surface area contributed by atoms with Crippen molar-refractivity contribution in [2.75, 3.05) is 13.1 Å². The normalized spacial score (nSPS) is 10.4. The van der Waals surface area contributed by atoms with Crippen molar-refractivity contribution in [1.82, 2.24) is 10.6 Å². The summed E-state index contributed by atoms with van der Waals surface area (Å²) in [5.41, 5.74) is 0.851. The molecule has 8 heteroatoms. The third kappa shape index (κ3) is 5.27. The third-order valence-electron chi connectivity index (χ3n) is 2.95. The van der Waals surface area contributed by atoms with E-state index in [1.807, 2.05) is 6.07 Å². The Labute approximate surface area is 151 Å². The van der Waals surface area contributed by atoms with Crippen molar-refractivity contribution in [3.8, 4) is 0 Å². The lowest BCUT2D eigenvalue weighted by molar-refractivity contribution is -0.120. The summed E-state index contributed by atoms with van der Waals surface area (Å²) in [5.74, 6) is -0.624. The molecule has 0 radical (unpaired) electrons. The van der Waals surface area contributed by atoms with Gasteiger partial charge in [0.05, 0.1) is 16.6 Å². The quantitative estimate of drug-likeness (QED) is 0.753. The topological polar surface area (TPSA) is 71.3 Å². The van der Waals surface area contributed by atoms with Gasteiger partial charge in [0.15, 0.2) is 10.4 Å². The van der Waals surface area contributed by atoms with Crippen molar-refractivity contribution in [2.45, 2.75) is 6.42 Å². The van der Waals surface area contributed by atoms with E-state index >= 15 is 0 Å². The minimum atomic E-state index is -0.455. The molecule has 0 atom stereocenters. The smallest absolute Gasteiger partial charge is 0.287 e. The van der Waals surface area contributed by atoms with Gasteiger partial charge in [-0.1, -0.05) is 35.3 Å². The predicted octanol–water partition coefficient (Wildman–Crippen LogP) is 3.44. The van der Waals surface area contributed by atoms with E-state index in [1.165, 1.54) is 6.07 Å². The number of benzene rings is 1. The molecule has 1 aromatic heterocycles. The van der Waals surface area contributed by atoms with Gasteiger partial charge in [0.25, 0.3) is 5.91 Å². The number of furan rings is 1. The van der Waals surface area contributed by atoms with Gasteiger partial charge in [-0.3, -0.25) is 9.59 Å². The standard InChI is InChI=1S/C15H13BrCl2N2O3/c16-12-5-4-11(23-12)15(22)20-8-13(21)19-7-6-9-2-1-3-10(17)14(9)18/h1-5H,6-8H2,(H,19,21)(H,20,22). The van der Waals surface area contributed by atoms with Crippen LogP contribution < -0.4 is 10.6 Å². The van der Waals surface area contributed by atoms with E-state index in [-0.39, 0.29) is 18.2 Å². The van der Waals surface area contributed by atoms with Gasteiger partial charge in [-0.15, -0.1) is 0 Å². The van der Waals surface area contributed by atoms with Crippen LogP contribution in [0.25, 0.3) is 0 Å². The minimum Gasteiger partial charge on any atom is -0.444 e. The maximum absolute atomic E-state index is 11.7. The summed E-state index contributed by atoms with van der Waals surface area (Å²) in [5, 5.41) is 6.13. The Morgan fingerprint density at radius 1 is 1.13 bits per heavy atom. The number of nitrogens with one attached hydrogen (secondary N) is 2. The SMILES string of the molecule is O=C(CNC(=O)c1ccc(Br)o1)NCCc1cccc(Cl)c1Cl. The molecular weight excluding hydrogens is 407 g/mol. The highest BCUT2D eigenvalue weighted by molar-refractivity contribution is 9.10. The average Bonchev–Trinajstić information content (AvgIpc) is 2.96. The van der Waals surface area contributed by atoms with Gasteiger partial charge in [-0.05, 0) is 46.1 Å². The van der Waals surface area contributed by atoms with Gasteiger partial charge in [0.2, 0.25) is 5.91 Å². The van der Waals surface area contributed by atoms with Crippen molar-refractivity contribution in [3.63, 3.8) is 0 Å². The van der Waals surface area contributed by atoms with Gasteiger partial charge in [0, 0.05) is 6.54 Å². The van der Waals surface area contributed by atoms with Crippen LogP contribution in [0.3, 0.4) is 0 Å². The Morgan fingerprint density at radius 2 is 1.91 bits per heavy atom. The number of carbonyl (C=O) groups is 2. The second kappa shape index (κ2) is 8.38. The van der Waals surface area contributed by atoms with Crippen LogP contribution in [0.4, 0.5) is 0 Å². The Morgan fingerprint density at radius 3 is 2.61 bits per heavy atom. The Kier molecular flexibility index (Phi) is 6.50. The molecule has 2 aromatic rings. The predicted molar refractivity (Wildman–Crippen MR) is 91.9 cm³/mol. The molecule has 0 saturated heterocycles. The highest BCUT2D eigenvalue weighted by Crippen LogP contribution is 2.25.